The minimum atomic E-state index is -0.862. The SMILES string of the molecule is O=C(Cc1cnccn1)c1ccc(F)cc1F. The molecule has 2 rings (SSSR count). The quantitative estimate of drug-likeness (QED) is 0.764. The van der Waals surface area contributed by atoms with Crippen molar-refractivity contribution in [2.24, 2.45) is 0 Å². The Balaban J connectivity index is 2.21. The summed E-state index contributed by atoms with van der Waals surface area (Å²) in [6.07, 6.45) is 4.30. The third-order valence-corrected chi connectivity index (χ3v) is 2.19. The van der Waals surface area contributed by atoms with Crippen LogP contribution < -0.4 is 0 Å². The molecule has 86 valence electrons. The number of benzene rings is 1. The van der Waals surface area contributed by atoms with Crippen LogP contribution in [0.25, 0.3) is 0 Å². The third kappa shape index (κ3) is 2.69. The van der Waals surface area contributed by atoms with Crippen molar-refractivity contribution in [3.63, 3.8) is 0 Å². The smallest absolute Gasteiger partial charge is 0.171 e. The second-order valence-corrected chi connectivity index (χ2v) is 3.42. The summed E-state index contributed by atoms with van der Waals surface area (Å²) in [6.45, 7) is 0. The van der Waals surface area contributed by atoms with Gasteiger partial charge in [0.2, 0.25) is 0 Å². The molecule has 2 aromatic rings. The molecule has 0 fully saturated rings. The highest BCUT2D eigenvalue weighted by Crippen LogP contribution is 2.12. The molecule has 0 atom stereocenters. The Morgan fingerprint density at radius 2 is 2.06 bits per heavy atom. The fourth-order valence-corrected chi connectivity index (χ4v) is 1.40. The average molecular weight is 234 g/mol. The highest BCUT2D eigenvalue weighted by atomic mass is 19.1. The molecule has 0 bridgehead atoms. The van der Waals surface area contributed by atoms with E-state index in [1.54, 1.807) is 0 Å². The Morgan fingerprint density at radius 1 is 1.24 bits per heavy atom. The number of carbonyl (C=O) groups excluding carboxylic acids is 1. The molecule has 0 saturated heterocycles. The Labute approximate surface area is 96.2 Å². The Morgan fingerprint density at radius 3 is 2.71 bits per heavy atom. The van der Waals surface area contributed by atoms with Crippen molar-refractivity contribution in [1.82, 2.24) is 9.97 Å². The molecule has 1 aromatic carbocycles. The summed E-state index contributed by atoms with van der Waals surface area (Å²) in [5, 5.41) is 0. The number of hydrogen-bond donors (Lipinski definition) is 0. The van der Waals surface area contributed by atoms with Gasteiger partial charge in [-0.15, -0.1) is 0 Å². The van der Waals surface area contributed by atoms with Crippen LogP contribution in [0.3, 0.4) is 0 Å². The molecule has 1 aromatic heterocycles. The van der Waals surface area contributed by atoms with Crippen LogP contribution in [0.4, 0.5) is 8.78 Å². The summed E-state index contributed by atoms with van der Waals surface area (Å²) < 4.78 is 26.0. The van der Waals surface area contributed by atoms with E-state index >= 15 is 0 Å². The first-order valence-corrected chi connectivity index (χ1v) is 4.90. The van der Waals surface area contributed by atoms with E-state index in [0.29, 0.717) is 11.8 Å². The van der Waals surface area contributed by atoms with E-state index < -0.39 is 17.4 Å². The van der Waals surface area contributed by atoms with Crippen LogP contribution in [-0.4, -0.2) is 15.8 Å². The number of carbonyl (C=O) groups is 1. The average Bonchev–Trinajstić information content (AvgIpc) is 2.30. The summed E-state index contributed by atoms with van der Waals surface area (Å²) in [5.41, 5.74) is 0.304. The first kappa shape index (κ1) is 11.3. The molecule has 0 aliphatic rings. The second kappa shape index (κ2) is 4.78. The molecule has 1 heterocycles. The van der Waals surface area contributed by atoms with Crippen molar-refractivity contribution >= 4 is 5.78 Å². The van der Waals surface area contributed by atoms with Crippen molar-refractivity contribution < 1.29 is 13.6 Å². The molecule has 0 N–H and O–H groups in total. The third-order valence-electron chi connectivity index (χ3n) is 2.19. The molecule has 0 spiro atoms. The number of ketones is 1. The van der Waals surface area contributed by atoms with Crippen LogP contribution in [0.5, 0.6) is 0 Å². The van der Waals surface area contributed by atoms with Gasteiger partial charge in [-0.05, 0) is 12.1 Å². The fourth-order valence-electron chi connectivity index (χ4n) is 1.40. The van der Waals surface area contributed by atoms with Gasteiger partial charge in [-0.25, -0.2) is 8.78 Å². The molecule has 0 unspecified atom stereocenters. The molecule has 3 nitrogen and oxygen atoms in total. The van der Waals surface area contributed by atoms with Crippen LogP contribution >= 0.6 is 0 Å². The van der Waals surface area contributed by atoms with E-state index in [4.69, 9.17) is 0 Å². The number of halogens is 2. The van der Waals surface area contributed by atoms with Gasteiger partial charge in [0.1, 0.15) is 11.6 Å². The minimum Gasteiger partial charge on any atom is -0.294 e. The lowest BCUT2D eigenvalue weighted by Gasteiger charge is -2.02. The zero-order valence-electron chi connectivity index (χ0n) is 8.73. The van der Waals surface area contributed by atoms with Gasteiger partial charge >= 0.3 is 0 Å². The van der Waals surface area contributed by atoms with E-state index in [0.717, 1.165) is 12.1 Å². The largest absolute Gasteiger partial charge is 0.294 e. The monoisotopic (exact) mass is 234 g/mol. The predicted octanol–water partition coefficient (Wildman–Crippen LogP) is 2.18. The van der Waals surface area contributed by atoms with Gasteiger partial charge in [0.05, 0.1) is 17.7 Å². The van der Waals surface area contributed by atoms with Gasteiger partial charge in [-0.3, -0.25) is 14.8 Å². The Kier molecular flexibility index (Phi) is 3.18. The number of Topliss-reactive ketones (excluding diaryl/α,β-unsaturated/α-hetero) is 1. The van der Waals surface area contributed by atoms with Gasteiger partial charge in [0, 0.05) is 24.7 Å². The maximum Gasteiger partial charge on any atom is 0.171 e. The van der Waals surface area contributed by atoms with Crippen molar-refractivity contribution in [2.45, 2.75) is 6.42 Å². The first-order chi connectivity index (χ1) is 8.16. The highest BCUT2D eigenvalue weighted by Gasteiger charge is 2.13. The molecule has 17 heavy (non-hydrogen) atoms. The Hall–Kier alpha value is -2.17. The lowest BCUT2D eigenvalue weighted by molar-refractivity contribution is 0.0988. The Bertz CT molecular complexity index is 543. The fraction of sp³-hybridized carbons (Fsp3) is 0.0833. The van der Waals surface area contributed by atoms with Crippen molar-refractivity contribution in [2.75, 3.05) is 0 Å². The predicted molar refractivity (Wildman–Crippen MR) is 56.4 cm³/mol. The topological polar surface area (TPSA) is 42.9 Å². The zero-order valence-corrected chi connectivity index (χ0v) is 8.73. The maximum atomic E-state index is 13.3. The van der Waals surface area contributed by atoms with Crippen molar-refractivity contribution in [1.29, 1.82) is 0 Å². The summed E-state index contributed by atoms with van der Waals surface area (Å²) in [4.78, 5) is 19.4. The van der Waals surface area contributed by atoms with E-state index in [1.165, 1.54) is 18.6 Å². The minimum absolute atomic E-state index is 0.0591. The van der Waals surface area contributed by atoms with Crippen LogP contribution in [0.15, 0.2) is 36.8 Å². The van der Waals surface area contributed by atoms with E-state index in [1.807, 2.05) is 0 Å². The van der Waals surface area contributed by atoms with Gasteiger partial charge in [0.25, 0.3) is 0 Å². The molecule has 0 amide bonds. The van der Waals surface area contributed by atoms with Crippen LogP contribution in [-0.2, 0) is 6.42 Å². The molecule has 0 saturated carbocycles. The molecule has 0 aliphatic heterocycles. The number of aromatic nitrogens is 2. The van der Waals surface area contributed by atoms with Crippen LogP contribution in [0.1, 0.15) is 16.1 Å². The van der Waals surface area contributed by atoms with Gasteiger partial charge in [-0.2, -0.15) is 0 Å². The molecule has 0 aliphatic carbocycles. The lowest BCUT2D eigenvalue weighted by atomic mass is 10.1. The van der Waals surface area contributed by atoms with E-state index in [9.17, 15) is 13.6 Å². The summed E-state index contributed by atoms with van der Waals surface area (Å²) in [5.74, 6) is -2.03. The van der Waals surface area contributed by atoms with E-state index in [-0.39, 0.29) is 12.0 Å². The molecule has 5 heteroatoms. The van der Waals surface area contributed by atoms with Gasteiger partial charge in [0.15, 0.2) is 5.78 Å². The number of hydrogen-bond acceptors (Lipinski definition) is 3. The second-order valence-electron chi connectivity index (χ2n) is 3.42. The highest BCUT2D eigenvalue weighted by molar-refractivity contribution is 5.97. The van der Waals surface area contributed by atoms with Gasteiger partial charge < -0.3 is 0 Å². The molecular formula is C12H8F2N2O. The van der Waals surface area contributed by atoms with Crippen LogP contribution in [0.2, 0.25) is 0 Å². The van der Waals surface area contributed by atoms with Crippen molar-refractivity contribution in [3.8, 4) is 0 Å². The van der Waals surface area contributed by atoms with Gasteiger partial charge in [-0.1, -0.05) is 0 Å². The summed E-state index contributed by atoms with van der Waals surface area (Å²) in [6, 6.07) is 2.86. The zero-order chi connectivity index (χ0) is 12.3. The van der Waals surface area contributed by atoms with E-state index in [2.05, 4.69) is 9.97 Å². The standard InChI is InChI=1S/C12H8F2N2O/c13-8-1-2-10(11(14)5-8)12(17)6-9-7-15-3-4-16-9/h1-5,7H,6H2. The summed E-state index contributed by atoms with van der Waals surface area (Å²) in [7, 11) is 0. The lowest BCUT2D eigenvalue weighted by Crippen LogP contribution is -2.07. The number of nitrogens with zero attached hydrogens (tertiary/aromatic N) is 2. The number of rotatable bonds is 3. The maximum absolute atomic E-state index is 13.3. The van der Waals surface area contributed by atoms with Crippen molar-refractivity contribution in [3.05, 3.63) is 59.7 Å². The summed E-state index contributed by atoms with van der Waals surface area (Å²) >= 11 is 0. The molecular weight excluding hydrogens is 226 g/mol. The molecule has 0 radical (unpaired) electrons. The normalized spacial score (nSPS) is 10.2. The van der Waals surface area contributed by atoms with Crippen LogP contribution in [0, 0.1) is 11.6 Å². The first-order valence-electron chi connectivity index (χ1n) is 4.90.